The molecule has 1 rings (SSSR count). The van der Waals surface area contributed by atoms with Crippen molar-refractivity contribution in [3.63, 3.8) is 0 Å². The number of carbonyl (C=O) groups is 3. The van der Waals surface area contributed by atoms with E-state index in [9.17, 15) is 84.6 Å². The van der Waals surface area contributed by atoms with E-state index >= 15 is 0 Å². The molecule has 0 aliphatic heterocycles. The monoisotopic (exact) mass is 747 g/mol. The van der Waals surface area contributed by atoms with Crippen molar-refractivity contribution in [2.75, 3.05) is 11.9 Å². The van der Waals surface area contributed by atoms with E-state index in [0.29, 0.717) is 5.32 Å². The highest BCUT2D eigenvalue weighted by atomic mass is 35.5. The quantitative estimate of drug-likeness (QED) is 0.132. The van der Waals surface area contributed by atoms with E-state index in [1.807, 2.05) is 0 Å². The second kappa shape index (κ2) is 12.1. The number of thiophene rings is 1. The number of carbonyl (C=O) groups excluding carboxylic acids is 3. The molecule has 266 valence electrons. The molecule has 0 spiro atoms. The molecule has 1 heterocycles. The van der Waals surface area contributed by atoms with Gasteiger partial charge in [0.1, 0.15) is 15.5 Å². The highest BCUT2D eigenvalue weighted by Gasteiger charge is 2.95. The first-order chi connectivity index (χ1) is 20.0. The first-order valence-corrected chi connectivity index (χ1v) is 12.8. The molecule has 6 nitrogen and oxygen atoms in total. The normalized spacial score (nSPS) is 14.7. The summed E-state index contributed by atoms with van der Waals surface area (Å²) in [6.07, 6.45) is 0. The van der Waals surface area contributed by atoms with Gasteiger partial charge in [0.15, 0.2) is 0 Å². The van der Waals surface area contributed by atoms with Gasteiger partial charge >= 0.3 is 64.7 Å². The maximum absolute atomic E-state index is 14.5. The zero-order chi connectivity index (χ0) is 37.1. The van der Waals surface area contributed by atoms with Crippen molar-refractivity contribution in [1.29, 1.82) is 0 Å². The predicted octanol–water partition coefficient (Wildman–Crippen LogP) is 8.41. The fourth-order valence-electron chi connectivity index (χ4n) is 3.06. The number of hydrogen-bond acceptors (Lipinski definition) is 6. The molecule has 0 saturated carbocycles. The number of alkyl halides is 17. The highest BCUT2D eigenvalue weighted by Crippen LogP contribution is 2.64. The lowest BCUT2D eigenvalue weighted by atomic mass is 9.89. The largest absolute Gasteiger partial charge is 0.462 e. The van der Waals surface area contributed by atoms with Gasteiger partial charge in [-0.05, 0) is 51.8 Å². The Labute approximate surface area is 255 Å². The molecule has 0 radical (unpaired) electrons. The number of nitrogens with one attached hydrogen (secondary N) is 1. The van der Waals surface area contributed by atoms with Crippen molar-refractivity contribution in [2.24, 2.45) is 0 Å². The Balaban J connectivity index is 3.76. The van der Waals surface area contributed by atoms with E-state index in [-0.39, 0.29) is 11.3 Å². The Morgan fingerprint density at radius 2 is 1.09 bits per heavy atom. The van der Waals surface area contributed by atoms with Crippen LogP contribution in [0.25, 0.3) is 0 Å². The van der Waals surface area contributed by atoms with E-state index < -0.39 is 97.9 Å². The predicted molar refractivity (Wildman–Crippen MR) is 124 cm³/mol. The van der Waals surface area contributed by atoms with Crippen LogP contribution in [-0.2, 0) is 14.3 Å². The molecular formula is C22H18ClF16NO5S. The van der Waals surface area contributed by atoms with Gasteiger partial charge in [0.25, 0.3) is 0 Å². The minimum atomic E-state index is -8.78. The molecular weight excluding hydrogens is 730 g/mol. The van der Waals surface area contributed by atoms with Crippen molar-refractivity contribution in [3.05, 3.63) is 16.0 Å². The third-order valence-electron chi connectivity index (χ3n) is 5.44. The van der Waals surface area contributed by atoms with Crippen LogP contribution >= 0.6 is 22.9 Å². The van der Waals surface area contributed by atoms with E-state index in [2.05, 4.69) is 16.3 Å². The van der Waals surface area contributed by atoms with Gasteiger partial charge < -0.3 is 14.8 Å². The van der Waals surface area contributed by atoms with Crippen LogP contribution in [0.1, 0.15) is 53.3 Å². The Morgan fingerprint density at radius 3 is 1.46 bits per heavy atom. The van der Waals surface area contributed by atoms with Crippen molar-refractivity contribution in [1.82, 2.24) is 0 Å². The summed E-state index contributed by atoms with van der Waals surface area (Å²) in [6, 6.07) is 0. The van der Waals surface area contributed by atoms with Crippen LogP contribution in [-0.4, -0.2) is 76.9 Å². The Bertz CT molecular complexity index is 1350. The Hall–Kier alpha value is -2.72. The summed E-state index contributed by atoms with van der Waals surface area (Å²) in [5.41, 5.74) is -2.98. The zero-order valence-electron chi connectivity index (χ0n) is 23.1. The van der Waals surface area contributed by atoms with Gasteiger partial charge in [0.2, 0.25) is 0 Å². The highest BCUT2D eigenvalue weighted by molar-refractivity contribution is 7.18. The lowest BCUT2D eigenvalue weighted by Crippen LogP contribution is -2.75. The summed E-state index contributed by atoms with van der Waals surface area (Å²) in [4.78, 5) is 36.1. The second-order valence-corrected chi connectivity index (χ2v) is 11.5. The SMILES string of the molecule is CCOC(=O)c1c(NC(=O)C(F)(F)C(F)(F)C(F)(F)C(F)(F)C(F)(F)C(F)(F)C(F)(F)C(F)(F)Cl)sc(C(=O)OC(C)(C)C)c1C. The zero-order valence-corrected chi connectivity index (χ0v) is 24.7. The standard InChI is InChI=1S/C22H18ClF16NO5S/c1-6-44-11(41)8-7(2)9(12(42)45-14(3,4)5)46-10(8)40-13(43)15(24,25)16(26,27)17(28,29)18(30,31)19(32,33)20(34,35)21(36,37)22(23,38)39/h6H2,1-5H3,(H,40,43). The van der Waals surface area contributed by atoms with E-state index in [1.165, 1.54) is 20.8 Å². The number of amides is 1. The van der Waals surface area contributed by atoms with Gasteiger partial charge in [-0.2, -0.15) is 70.2 Å². The average Bonchev–Trinajstić information content (AvgIpc) is 3.17. The molecule has 0 aliphatic rings. The number of anilines is 1. The van der Waals surface area contributed by atoms with Crippen LogP contribution in [0.3, 0.4) is 0 Å². The van der Waals surface area contributed by atoms with Crippen LogP contribution in [0.5, 0.6) is 0 Å². The molecule has 46 heavy (non-hydrogen) atoms. The van der Waals surface area contributed by atoms with Crippen molar-refractivity contribution in [2.45, 2.75) is 87.1 Å². The maximum Gasteiger partial charge on any atom is 0.393 e. The van der Waals surface area contributed by atoms with Crippen LogP contribution in [0.4, 0.5) is 75.2 Å². The third-order valence-corrected chi connectivity index (χ3v) is 6.87. The molecule has 0 bridgehead atoms. The topological polar surface area (TPSA) is 81.7 Å². The van der Waals surface area contributed by atoms with Gasteiger partial charge in [0, 0.05) is 0 Å². The summed E-state index contributed by atoms with van der Waals surface area (Å²) in [5, 5.41) is -7.65. The van der Waals surface area contributed by atoms with E-state index in [1.54, 1.807) is 0 Å². The van der Waals surface area contributed by atoms with Crippen LogP contribution in [0.15, 0.2) is 0 Å². The maximum atomic E-state index is 14.5. The number of ether oxygens (including phenoxy) is 2. The van der Waals surface area contributed by atoms with Crippen LogP contribution < -0.4 is 5.32 Å². The molecule has 0 aromatic carbocycles. The lowest BCUT2D eigenvalue weighted by Gasteiger charge is -2.42. The molecule has 24 heteroatoms. The minimum absolute atomic E-state index is 0.237. The number of halogens is 17. The van der Waals surface area contributed by atoms with Gasteiger partial charge in [-0.3, -0.25) is 4.79 Å². The fraction of sp³-hybridized carbons (Fsp3) is 0.682. The molecule has 0 fully saturated rings. The van der Waals surface area contributed by atoms with Crippen molar-refractivity contribution in [3.8, 4) is 0 Å². The first-order valence-electron chi connectivity index (χ1n) is 11.6. The Morgan fingerprint density at radius 1 is 0.696 bits per heavy atom. The minimum Gasteiger partial charge on any atom is -0.462 e. The number of rotatable bonds is 12. The fourth-order valence-corrected chi connectivity index (χ4v) is 4.24. The molecule has 1 aromatic rings. The Kier molecular flexibility index (Phi) is 10.8. The van der Waals surface area contributed by atoms with E-state index in [4.69, 9.17) is 4.74 Å². The van der Waals surface area contributed by atoms with Gasteiger partial charge in [-0.25, -0.2) is 9.59 Å². The van der Waals surface area contributed by atoms with Crippen LogP contribution in [0, 0.1) is 6.92 Å². The molecule has 1 amide bonds. The number of esters is 2. The van der Waals surface area contributed by atoms with Gasteiger partial charge in [0.05, 0.1) is 12.2 Å². The summed E-state index contributed by atoms with van der Waals surface area (Å²) < 4.78 is 230. The summed E-state index contributed by atoms with van der Waals surface area (Å²) in [5.74, 6) is -65.0. The summed E-state index contributed by atoms with van der Waals surface area (Å²) in [7, 11) is 0. The first kappa shape index (κ1) is 41.3. The molecule has 0 saturated heterocycles. The van der Waals surface area contributed by atoms with Gasteiger partial charge in [-0.1, -0.05) is 0 Å². The van der Waals surface area contributed by atoms with Crippen molar-refractivity contribution >= 4 is 45.8 Å². The average molecular weight is 748 g/mol. The second-order valence-electron chi connectivity index (χ2n) is 9.96. The van der Waals surface area contributed by atoms with Gasteiger partial charge in [-0.15, -0.1) is 11.3 Å². The van der Waals surface area contributed by atoms with E-state index in [0.717, 1.165) is 13.8 Å². The molecule has 1 N–H and O–H groups in total. The molecule has 0 aliphatic carbocycles. The van der Waals surface area contributed by atoms with Crippen LogP contribution in [0.2, 0.25) is 0 Å². The summed E-state index contributed by atoms with van der Waals surface area (Å²) in [6.45, 7) is 5.37. The number of hydrogen-bond donors (Lipinski definition) is 1. The smallest absolute Gasteiger partial charge is 0.393 e. The summed E-state index contributed by atoms with van der Waals surface area (Å²) >= 11 is 3.23. The third kappa shape index (κ3) is 6.40. The molecule has 1 aromatic heterocycles. The molecule has 0 unspecified atom stereocenters. The molecule has 0 atom stereocenters. The van der Waals surface area contributed by atoms with Crippen molar-refractivity contribution < 1.29 is 94.1 Å². The lowest BCUT2D eigenvalue weighted by molar-refractivity contribution is -0.445.